The summed E-state index contributed by atoms with van der Waals surface area (Å²) in [6.45, 7) is 3.27. The van der Waals surface area contributed by atoms with Crippen molar-refractivity contribution in [3.05, 3.63) is 54.9 Å². The minimum absolute atomic E-state index is 0.248. The van der Waals surface area contributed by atoms with E-state index in [1.54, 1.807) is 18.5 Å². The first kappa shape index (κ1) is 19.5. The van der Waals surface area contributed by atoms with Gasteiger partial charge in [0, 0.05) is 44.5 Å². The molecule has 0 spiro atoms. The molecule has 2 aliphatic rings. The molecule has 0 radical (unpaired) electrons. The zero-order chi connectivity index (χ0) is 20.2. The van der Waals surface area contributed by atoms with Crippen molar-refractivity contribution in [2.24, 2.45) is 5.73 Å². The molecule has 4 N–H and O–H groups in total. The summed E-state index contributed by atoms with van der Waals surface area (Å²) in [5.41, 5.74) is 6.59. The fourth-order valence-corrected chi connectivity index (χ4v) is 4.41. The van der Waals surface area contributed by atoms with E-state index in [1.165, 1.54) is 5.69 Å². The van der Waals surface area contributed by atoms with Gasteiger partial charge in [0.25, 0.3) is 0 Å². The lowest BCUT2D eigenvalue weighted by Crippen LogP contribution is -2.59. The van der Waals surface area contributed by atoms with Crippen LogP contribution in [0.15, 0.2) is 54.9 Å². The summed E-state index contributed by atoms with van der Waals surface area (Å²) in [5, 5.41) is 13.8. The highest BCUT2D eigenvalue weighted by Crippen LogP contribution is 2.30. The van der Waals surface area contributed by atoms with E-state index in [2.05, 4.69) is 32.2 Å². The Bertz CT molecular complexity index is 798. The number of rotatable bonds is 5. The monoisotopic (exact) mass is 397 g/mol. The van der Waals surface area contributed by atoms with E-state index in [-0.39, 0.29) is 12.1 Å². The average molecular weight is 397 g/mol. The number of carbonyl (C=O) groups excluding carboxylic acids is 1. The lowest BCUT2D eigenvalue weighted by Gasteiger charge is -2.41. The third kappa shape index (κ3) is 4.44. The Morgan fingerprint density at radius 1 is 1.14 bits per heavy atom. The Kier molecular flexibility index (Phi) is 5.82. The molecule has 29 heavy (non-hydrogen) atoms. The molecule has 8 nitrogen and oxygen atoms in total. The normalized spacial score (nSPS) is 27.6. The van der Waals surface area contributed by atoms with Gasteiger partial charge in [0.15, 0.2) is 0 Å². The number of anilines is 1. The first-order valence-corrected chi connectivity index (χ1v) is 9.96. The lowest BCUT2D eigenvalue weighted by atomic mass is 10.1. The number of aromatic nitrogens is 1. The molecule has 0 unspecified atom stereocenters. The average Bonchev–Trinajstić information content (AvgIpc) is 3.03. The van der Waals surface area contributed by atoms with Crippen LogP contribution in [-0.2, 0) is 0 Å². The number of piperazine rings is 1. The van der Waals surface area contributed by atoms with Gasteiger partial charge in [0.2, 0.25) is 0 Å². The second kappa shape index (κ2) is 8.67. The Hall–Kier alpha value is -2.84. The Morgan fingerprint density at radius 3 is 2.55 bits per heavy atom. The maximum Gasteiger partial charge on any atom is 0.312 e. The van der Waals surface area contributed by atoms with E-state index in [1.807, 2.05) is 24.3 Å². The predicted octanol–water partition coefficient (Wildman–Crippen LogP) is 0.821. The number of pyridine rings is 1. The number of nitrogens with zero attached hydrogens (tertiary/aromatic N) is 3. The molecule has 2 aromatic rings. The molecule has 4 atom stereocenters. The number of benzene rings is 1. The molecule has 2 amide bonds. The molecule has 1 saturated carbocycles. The molecule has 1 saturated heterocycles. The van der Waals surface area contributed by atoms with Crippen LogP contribution in [0.4, 0.5) is 10.5 Å². The van der Waals surface area contributed by atoms with Gasteiger partial charge in [-0.15, -0.1) is 0 Å². The largest absolute Gasteiger partial charge is 0.486 e. The first-order valence-electron chi connectivity index (χ1n) is 9.96. The molecule has 1 aliphatic carbocycles. The summed E-state index contributed by atoms with van der Waals surface area (Å²) in [6.07, 6.45) is 2.60. The topological polar surface area (TPSA) is 104 Å². The maximum atomic E-state index is 11.5. The third-order valence-electron chi connectivity index (χ3n) is 5.74. The molecule has 1 aromatic carbocycles. The summed E-state index contributed by atoms with van der Waals surface area (Å²) >= 11 is 0. The molecular weight excluding hydrogens is 370 g/mol. The van der Waals surface area contributed by atoms with Gasteiger partial charge in [-0.2, -0.15) is 0 Å². The van der Waals surface area contributed by atoms with Crippen molar-refractivity contribution < 1.29 is 14.6 Å². The zero-order valence-corrected chi connectivity index (χ0v) is 16.2. The molecule has 1 aliphatic heterocycles. The second-order valence-electron chi connectivity index (χ2n) is 7.54. The van der Waals surface area contributed by atoms with Gasteiger partial charge in [-0.3, -0.25) is 9.88 Å². The number of hydrogen-bond donors (Lipinski definition) is 3. The Morgan fingerprint density at radius 2 is 1.90 bits per heavy atom. The van der Waals surface area contributed by atoms with E-state index in [9.17, 15) is 9.90 Å². The first-order chi connectivity index (χ1) is 14.1. The van der Waals surface area contributed by atoms with Crippen LogP contribution in [-0.4, -0.2) is 71.5 Å². The van der Waals surface area contributed by atoms with Crippen LogP contribution in [0.5, 0.6) is 5.75 Å². The van der Waals surface area contributed by atoms with Crippen LogP contribution in [0.2, 0.25) is 0 Å². The fraction of sp³-hybridized carbons (Fsp3) is 0.429. The van der Waals surface area contributed by atoms with Crippen molar-refractivity contribution in [2.75, 3.05) is 31.1 Å². The quantitative estimate of drug-likeness (QED) is 0.690. The molecule has 154 valence electrons. The van der Waals surface area contributed by atoms with Gasteiger partial charge in [-0.1, -0.05) is 18.2 Å². The van der Waals surface area contributed by atoms with Crippen molar-refractivity contribution in [2.45, 2.75) is 30.7 Å². The molecule has 2 fully saturated rings. The number of aliphatic hydroxyl groups excluding tert-OH is 1. The van der Waals surface area contributed by atoms with Crippen molar-refractivity contribution in [3.8, 4) is 5.75 Å². The minimum atomic E-state index is -0.740. The van der Waals surface area contributed by atoms with Gasteiger partial charge in [0.05, 0.1) is 18.3 Å². The van der Waals surface area contributed by atoms with Crippen molar-refractivity contribution in [3.63, 3.8) is 0 Å². The minimum Gasteiger partial charge on any atom is -0.486 e. The van der Waals surface area contributed by atoms with Crippen LogP contribution in [0.3, 0.4) is 0 Å². The highest BCUT2D eigenvalue weighted by molar-refractivity contribution is 5.72. The van der Waals surface area contributed by atoms with E-state index >= 15 is 0 Å². The lowest BCUT2D eigenvalue weighted by molar-refractivity contribution is 0.00567. The number of urea groups is 1. The number of primary amides is 1. The molecule has 2 heterocycles. The number of nitrogens with two attached hydrogens (primary N) is 1. The van der Waals surface area contributed by atoms with Crippen LogP contribution in [0.25, 0.3) is 0 Å². The predicted molar refractivity (Wildman–Crippen MR) is 110 cm³/mol. The smallest absolute Gasteiger partial charge is 0.312 e. The summed E-state index contributed by atoms with van der Waals surface area (Å²) < 4.78 is 5.97. The van der Waals surface area contributed by atoms with E-state index in [0.29, 0.717) is 12.2 Å². The zero-order valence-electron chi connectivity index (χ0n) is 16.2. The number of para-hydroxylation sites is 1. The number of hydrogen-bond acceptors (Lipinski definition) is 6. The van der Waals surface area contributed by atoms with Crippen LogP contribution in [0, 0.1) is 0 Å². The standard InChI is InChI=1S/C21H27N5O3/c22-21(28)24-17-13-18(29-16-7-4-8-23-14-16)20(27)19(17)26-11-9-25(10-12-26)15-5-2-1-3-6-15/h1-8,14,17-20,27H,9-13H2,(H3,22,24,28)/t17-,18-,19+,20+/m1/s1. The number of amides is 2. The van der Waals surface area contributed by atoms with Gasteiger partial charge >= 0.3 is 6.03 Å². The van der Waals surface area contributed by atoms with Crippen molar-refractivity contribution in [1.82, 2.24) is 15.2 Å². The summed E-state index contributed by atoms with van der Waals surface area (Å²) in [6, 6.07) is 12.8. The summed E-state index contributed by atoms with van der Waals surface area (Å²) in [5.74, 6) is 0.601. The molecule has 1 aromatic heterocycles. The third-order valence-corrected chi connectivity index (χ3v) is 5.74. The molecule has 8 heteroatoms. The maximum absolute atomic E-state index is 11.5. The SMILES string of the molecule is NC(=O)N[C@@H]1C[C@@H](Oc2cccnc2)[C@H](O)[C@H]1N1CCN(c2ccccc2)CC1. The Balaban J connectivity index is 1.44. The van der Waals surface area contributed by atoms with E-state index in [0.717, 1.165) is 26.2 Å². The summed E-state index contributed by atoms with van der Waals surface area (Å²) in [7, 11) is 0. The highest BCUT2D eigenvalue weighted by Gasteiger charge is 2.47. The van der Waals surface area contributed by atoms with Gasteiger partial charge < -0.3 is 25.8 Å². The molecular formula is C21H27N5O3. The van der Waals surface area contributed by atoms with Crippen molar-refractivity contribution >= 4 is 11.7 Å². The van der Waals surface area contributed by atoms with Gasteiger partial charge in [-0.05, 0) is 24.3 Å². The molecule has 0 bridgehead atoms. The fourth-order valence-electron chi connectivity index (χ4n) is 4.41. The Labute approximate surface area is 170 Å². The second-order valence-corrected chi connectivity index (χ2v) is 7.54. The van der Waals surface area contributed by atoms with Crippen molar-refractivity contribution in [1.29, 1.82) is 0 Å². The van der Waals surface area contributed by atoms with E-state index in [4.69, 9.17) is 10.5 Å². The van der Waals surface area contributed by atoms with Gasteiger partial charge in [0.1, 0.15) is 18.0 Å². The molecule has 4 rings (SSSR count). The van der Waals surface area contributed by atoms with E-state index < -0.39 is 18.2 Å². The summed E-state index contributed by atoms with van der Waals surface area (Å²) in [4.78, 5) is 20.2. The number of ether oxygens (including phenoxy) is 1. The van der Waals surface area contributed by atoms with Crippen LogP contribution >= 0.6 is 0 Å². The van der Waals surface area contributed by atoms with Gasteiger partial charge in [-0.25, -0.2) is 4.79 Å². The van der Waals surface area contributed by atoms with Crippen LogP contribution < -0.4 is 20.7 Å². The number of aliphatic hydroxyl groups is 1. The van der Waals surface area contributed by atoms with Crippen LogP contribution in [0.1, 0.15) is 6.42 Å². The number of nitrogens with one attached hydrogen (secondary N) is 1. The number of carbonyl (C=O) groups is 1. The highest BCUT2D eigenvalue weighted by atomic mass is 16.5.